The SMILES string of the molecule is CCCC[C@H](NC(=O)/C=C/c1ccc(Cl)cc1Cl)C(=O)O. The van der Waals surface area contributed by atoms with Crippen LogP contribution in [-0.4, -0.2) is 23.0 Å². The number of rotatable bonds is 7. The molecule has 1 atom stereocenters. The number of nitrogens with one attached hydrogen (secondary N) is 1. The molecule has 0 aromatic heterocycles. The molecule has 0 unspecified atom stereocenters. The summed E-state index contributed by atoms with van der Waals surface area (Å²) < 4.78 is 0. The average Bonchev–Trinajstić information content (AvgIpc) is 2.42. The van der Waals surface area contributed by atoms with E-state index in [0.717, 1.165) is 12.8 Å². The Kier molecular flexibility index (Phi) is 7.26. The summed E-state index contributed by atoms with van der Waals surface area (Å²) in [5.41, 5.74) is 0.636. The minimum Gasteiger partial charge on any atom is -0.480 e. The molecule has 0 bridgehead atoms. The maximum atomic E-state index is 11.7. The molecule has 1 aromatic rings. The van der Waals surface area contributed by atoms with Crippen LogP contribution in [0.1, 0.15) is 31.7 Å². The summed E-state index contributed by atoms with van der Waals surface area (Å²) in [6.45, 7) is 1.96. The molecule has 21 heavy (non-hydrogen) atoms. The summed E-state index contributed by atoms with van der Waals surface area (Å²) in [5, 5.41) is 12.4. The van der Waals surface area contributed by atoms with Gasteiger partial charge in [-0.2, -0.15) is 0 Å². The van der Waals surface area contributed by atoms with Crippen LogP contribution in [0.25, 0.3) is 6.08 Å². The van der Waals surface area contributed by atoms with Crippen LogP contribution in [0.3, 0.4) is 0 Å². The standard InChI is InChI=1S/C15H17Cl2NO3/c1-2-3-4-13(15(20)21)18-14(19)8-6-10-5-7-11(16)9-12(10)17/h5-9,13H,2-4H2,1H3,(H,18,19)(H,20,21)/b8-6+/t13-/m0/s1. The van der Waals surface area contributed by atoms with E-state index in [2.05, 4.69) is 5.32 Å². The molecule has 0 saturated carbocycles. The van der Waals surface area contributed by atoms with Crippen molar-refractivity contribution in [1.82, 2.24) is 5.32 Å². The van der Waals surface area contributed by atoms with Gasteiger partial charge in [0.1, 0.15) is 6.04 Å². The third-order valence-corrected chi connectivity index (χ3v) is 3.40. The van der Waals surface area contributed by atoms with E-state index >= 15 is 0 Å². The number of carbonyl (C=O) groups is 2. The third kappa shape index (κ3) is 6.19. The lowest BCUT2D eigenvalue weighted by Crippen LogP contribution is -2.39. The van der Waals surface area contributed by atoms with Crippen molar-refractivity contribution in [1.29, 1.82) is 0 Å². The number of benzene rings is 1. The molecule has 0 radical (unpaired) electrons. The van der Waals surface area contributed by atoms with Crippen molar-refractivity contribution in [3.05, 3.63) is 39.9 Å². The average molecular weight is 330 g/mol. The van der Waals surface area contributed by atoms with Crippen LogP contribution in [0, 0.1) is 0 Å². The Bertz CT molecular complexity index is 544. The predicted octanol–water partition coefficient (Wildman–Crippen LogP) is 3.77. The molecule has 1 amide bonds. The fourth-order valence-electron chi connectivity index (χ4n) is 1.69. The van der Waals surface area contributed by atoms with Crippen LogP contribution < -0.4 is 5.32 Å². The smallest absolute Gasteiger partial charge is 0.326 e. The molecule has 114 valence electrons. The lowest BCUT2D eigenvalue weighted by atomic mass is 10.1. The highest BCUT2D eigenvalue weighted by molar-refractivity contribution is 6.35. The van der Waals surface area contributed by atoms with Crippen molar-refractivity contribution in [3.63, 3.8) is 0 Å². The highest BCUT2D eigenvalue weighted by Crippen LogP contribution is 2.21. The lowest BCUT2D eigenvalue weighted by molar-refractivity contribution is -0.141. The lowest BCUT2D eigenvalue weighted by Gasteiger charge is -2.12. The van der Waals surface area contributed by atoms with E-state index in [1.54, 1.807) is 18.2 Å². The molecule has 2 N–H and O–H groups in total. The Morgan fingerprint density at radius 1 is 1.38 bits per heavy atom. The first-order chi connectivity index (χ1) is 9.93. The summed E-state index contributed by atoms with van der Waals surface area (Å²) in [6, 6.07) is 4.04. The normalized spacial score (nSPS) is 12.3. The van der Waals surface area contributed by atoms with E-state index in [9.17, 15) is 9.59 Å². The number of unbranched alkanes of at least 4 members (excludes halogenated alkanes) is 1. The second-order valence-corrected chi connectivity index (χ2v) is 5.38. The number of amides is 1. The van der Waals surface area contributed by atoms with E-state index in [0.29, 0.717) is 22.0 Å². The number of hydrogen-bond donors (Lipinski definition) is 2. The van der Waals surface area contributed by atoms with Crippen molar-refractivity contribution >= 4 is 41.2 Å². The predicted molar refractivity (Wildman–Crippen MR) is 84.6 cm³/mol. The van der Waals surface area contributed by atoms with Gasteiger partial charge in [0.05, 0.1) is 0 Å². The van der Waals surface area contributed by atoms with Crippen LogP contribution in [0.5, 0.6) is 0 Å². The van der Waals surface area contributed by atoms with E-state index < -0.39 is 17.9 Å². The van der Waals surface area contributed by atoms with Crippen molar-refractivity contribution in [2.45, 2.75) is 32.2 Å². The van der Waals surface area contributed by atoms with Crippen LogP contribution in [0.4, 0.5) is 0 Å². The Hall–Kier alpha value is -1.52. The maximum absolute atomic E-state index is 11.7. The molecule has 0 fully saturated rings. The molecule has 0 aliphatic heterocycles. The minimum absolute atomic E-state index is 0.410. The van der Waals surface area contributed by atoms with Gasteiger partial charge in [-0.15, -0.1) is 0 Å². The van der Waals surface area contributed by atoms with E-state index in [4.69, 9.17) is 28.3 Å². The molecule has 4 nitrogen and oxygen atoms in total. The summed E-state index contributed by atoms with van der Waals surface area (Å²) in [5.74, 6) is -1.50. The van der Waals surface area contributed by atoms with Gasteiger partial charge in [-0.25, -0.2) is 4.79 Å². The van der Waals surface area contributed by atoms with Gasteiger partial charge in [-0.1, -0.05) is 49.0 Å². The topological polar surface area (TPSA) is 66.4 Å². The van der Waals surface area contributed by atoms with Crippen LogP contribution in [-0.2, 0) is 9.59 Å². The van der Waals surface area contributed by atoms with Gasteiger partial charge in [-0.05, 0) is 30.2 Å². The van der Waals surface area contributed by atoms with Gasteiger partial charge in [0.25, 0.3) is 0 Å². The maximum Gasteiger partial charge on any atom is 0.326 e. The van der Waals surface area contributed by atoms with Crippen molar-refractivity contribution in [2.24, 2.45) is 0 Å². The van der Waals surface area contributed by atoms with Gasteiger partial charge in [0.15, 0.2) is 0 Å². The number of carbonyl (C=O) groups excluding carboxylic acids is 1. The first-order valence-corrected chi connectivity index (χ1v) is 7.36. The largest absolute Gasteiger partial charge is 0.480 e. The van der Waals surface area contributed by atoms with Gasteiger partial charge in [0.2, 0.25) is 5.91 Å². The molecule has 1 aromatic carbocycles. The molecule has 6 heteroatoms. The van der Waals surface area contributed by atoms with E-state index in [-0.39, 0.29) is 0 Å². The Labute approximate surface area is 133 Å². The number of halogens is 2. The number of carboxylic acid groups (broad SMARTS) is 1. The van der Waals surface area contributed by atoms with Crippen molar-refractivity contribution < 1.29 is 14.7 Å². The zero-order valence-corrected chi connectivity index (χ0v) is 13.1. The second-order valence-electron chi connectivity index (χ2n) is 4.54. The number of carboxylic acids is 1. The fourth-order valence-corrected chi connectivity index (χ4v) is 2.16. The van der Waals surface area contributed by atoms with Crippen LogP contribution in [0.15, 0.2) is 24.3 Å². The monoisotopic (exact) mass is 329 g/mol. The van der Waals surface area contributed by atoms with E-state index in [1.807, 2.05) is 6.92 Å². The third-order valence-electron chi connectivity index (χ3n) is 2.84. The Morgan fingerprint density at radius 3 is 2.67 bits per heavy atom. The first kappa shape index (κ1) is 17.5. The highest BCUT2D eigenvalue weighted by Gasteiger charge is 2.17. The van der Waals surface area contributed by atoms with Gasteiger partial charge < -0.3 is 10.4 Å². The molecule has 0 aliphatic carbocycles. The van der Waals surface area contributed by atoms with Gasteiger partial charge >= 0.3 is 5.97 Å². The molecule has 0 heterocycles. The van der Waals surface area contributed by atoms with Crippen molar-refractivity contribution in [3.8, 4) is 0 Å². The summed E-state index contributed by atoms with van der Waals surface area (Å²) in [7, 11) is 0. The molecule has 0 saturated heterocycles. The highest BCUT2D eigenvalue weighted by atomic mass is 35.5. The fraction of sp³-hybridized carbons (Fsp3) is 0.333. The minimum atomic E-state index is -1.03. The van der Waals surface area contributed by atoms with Crippen molar-refractivity contribution in [2.75, 3.05) is 0 Å². The number of hydrogen-bond acceptors (Lipinski definition) is 2. The summed E-state index contributed by atoms with van der Waals surface area (Å²) >= 11 is 11.8. The molecule has 1 rings (SSSR count). The first-order valence-electron chi connectivity index (χ1n) is 6.60. The number of aliphatic carboxylic acids is 1. The van der Waals surface area contributed by atoms with Crippen LogP contribution in [0.2, 0.25) is 10.0 Å². The summed E-state index contributed by atoms with van der Waals surface area (Å²) in [6.07, 6.45) is 4.80. The van der Waals surface area contributed by atoms with Crippen LogP contribution >= 0.6 is 23.2 Å². The summed E-state index contributed by atoms with van der Waals surface area (Å²) in [4.78, 5) is 22.8. The van der Waals surface area contributed by atoms with E-state index in [1.165, 1.54) is 12.2 Å². The molecule has 0 aliphatic rings. The Balaban J connectivity index is 2.66. The Morgan fingerprint density at radius 2 is 2.10 bits per heavy atom. The van der Waals surface area contributed by atoms with Gasteiger partial charge in [-0.3, -0.25) is 4.79 Å². The second kappa shape index (κ2) is 8.70. The molecular formula is C15H17Cl2NO3. The quantitative estimate of drug-likeness (QED) is 0.748. The zero-order valence-electron chi connectivity index (χ0n) is 11.6. The zero-order chi connectivity index (χ0) is 15.8. The molecule has 0 spiro atoms. The molecular weight excluding hydrogens is 313 g/mol. The van der Waals surface area contributed by atoms with Gasteiger partial charge in [0, 0.05) is 16.1 Å².